The summed E-state index contributed by atoms with van der Waals surface area (Å²) in [6, 6.07) is 17.1. The Balaban J connectivity index is 1.25. The maximum absolute atomic E-state index is 4.41. The van der Waals surface area contributed by atoms with E-state index in [0.717, 1.165) is 58.7 Å². The van der Waals surface area contributed by atoms with Crippen molar-refractivity contribution in [2.75, 3.05) is 38.1 Å². The number of halogens is 1. The van der Waals surface area contributed by atoms with Crippen LogP contribution in [0, 0.1) is 0 Å². The van der Waals surface area contributed by atoms with Crippen molar-refractivity contribution in [2.24, 2.45) is 0 Å². The molecule has 0 unspecified atom stereocenters. The molecule has 0 spiro atoms. The number of rotatable bonds is 5. The second kappa shape index (κ2) is 9.18. The van der Waals surface area contributed by atoms with Gasteiger partial charge in [0.1, 0.15) is 0 Å². The monoisotopic (exact) mass is 487 g/mol. The summed E-state index contributed by atoms with van der Waals surface area (Å²) in [6.45, 7) is 4.36. The molecule has 2 aromatic heterocycles. The van der Waals surface area contributed by atoms with Gasteiger partial charge in [-0.1, -0.05) is 46.3 Å². The average molecular weight is 488 g/mol. The number of aromatic amines is 2. The van der Waals surface area contributed by atoms with Crippen LogP contribution in [0.2, 0.25) is 0 Å². The zero-order chi connectivity index (χ0) is 21.9. The molecule has 0 amide bonds. The number of benzene rings is 2. The molecule has 162 valence electrons. The molecule has 5 nitrogen and oxygen atoms in total. The molecular weight excluding hydrogens is 462 g/mol. The summed E-state index contributed by atoms with van der Waals surface area (Å²) in [4.78, 5) is 8.07. The second-order valence-electron chi connectivity index (χ2n) is 8.24. The first kappa shape index (κ1) is 20.8. The molecule has 1 aliphatic heterocycles. The molecule has 0 radical (unpaired) electrons. The minimum atomic E-state index is 0.903. The van der Waals surface area contributed by atoms with Crippen LogP contribution >= 0.6 is 15.9 Å². The molecule has 0 aliphatic carbocycles. The molecule has 2 N–H and O–H groups in total. The molecule has 4 aromatic rings. The summed E-state index contributed by atoms with van der Waals surface area (Å²) in [5, 5.41) is 8.73. The summed E-state index contributed by atoms with van der Waals surface area (Å²) >= 11 is 3.74. The van der Waals surface area contributed by atoms with E-state index in [2.05, 4.69) is 109 Å². The van der Waals surface area contributed by atoms with E-state index < -0.39 is 0 Å². The van der Waals surface area contributed by atoms with Gasteiger partial charge in [-0.15, -0.1) is 0 Å². The first-order valence-electron chi connectivity index (χ1n) is 10.9. The van der Waals surface area contributed by atoms with Gasteiger partial charge in [0.05, 0.1) is 11.4 Å². The van der Waals surface area contributed by atoms with E-state index in [4.69, 9.17) is 0 Å². The Kier molecular flexibility index (Phi) is 5.97. The van der Waals surface area contributed by atoms with Crippen LogP contribution in [-0.4, -0.2) is 53.3 Å². The summed E-state index contributed by atoms with van der Waals surface area (Å²) in [7, 11) is 2.18. The van der Waals surface area contributed by atoms with Crippen molar-refractivity contribution in [3.8, 4) is 0 Å². The number of fused-ring (bicyclic) bond motifs is 1. The number of hydrogen-bond donors (Lipinski definition) is 2. The fourth-order valence-electron chi connectivity index (χ4n) is 3.97. The number of H-pyrrole nitrogens is 2. The van der Waals surface area contributed by atoms with E-state index in [9.17, 15) is 0 Å². The maximum Gasteiger partial charge on any atom is 0.0854 e. The van der Waals surface area contributed by atoms with Gasteiger partial charge < -0.3 is 14.8 Å². The molecule has 3 heterocycles. The molecule has 0 bridgehead atoms. The Morgan fingerprint density at radius 3 is 2.62 bits per heavy atom. The van der Waals surface area contributed by atoms with Crippen LogP contribution in [-0.2, 0) is 0 Å². The first-order chi connectivity index (χ1) is 15.6. The zero-order valence-electron chi connectivity index (χ0n) is 18.1. The Morgan fingerprint density at radius 1 is 0.906 bits per heavy atom. The highest BCUT2D eigenvalue weighted by atomic mass is 79.9. The van der Waals surface area contributed by atoms with Crippen molar-refractivity contribution in [1.82, 2.24) is 20.1 Å². The third kappa shape index (κ3) is 4.71. The predicted octanol–water partition coefficient (Wildman–Crippen LogP) is 5.75. The van der Waals surface area contributed by atoms with Gasteiger partial charge >= 0.3 is 0 Å². The normalized spacial score (nSPS) is 15.5. The summed E-state index contributed by atoms with van der Waals surface area (Å²) in [5.74, 6) is 0. The van der Waals surface area contributed by atoms with Gasteiger partial charge in [0.15, 0.2) is 0 Å². The minimum Gasteiger partial charge on any atom is -0.369 e. The first-order valence-corrected chi connectivity index (χ1v) is 11.7. The van der Waals surface area contributed by atoms with Crippen LogP contribution in [0.25, 0.3) is 35.2 Å². The Hall–Kier alpha value is -3.09. The number of hydrogen-bond acceptors (Lipinski definition) is 3. The highest BCUT2D eigenvalue weighted by molar-refractivity contribution is 9.10. The fraction of sp³-hybridized carbons (Fsp3) is 0.192. The molecule has 1 aliphatic rings. The summed E-state index contributed by atoms with van der Waals surface area (Å²) < 4.78 is 1.10. The number of likely N-dealkylation sites (N-methyl/N-ethyl adjacent to an activating group) is 1. The third-order valence-electron chi connectivity index (χ3n) is 5.94. The largest absolute Gasteiger partial charge is 0.369 e. The van der Waals surface area contributed by atoms with Gasteiger partial charge in [-0.25, -0.2) is 0 Å². The quantitative estimate of drug-likeness (QED) is 0.377. The second-order valence-corrected chi connectivity index (χ2v) is 9.09. The summed E-state index contributed by atoms with van der Waals surface area (Å²) in [5.41, 5.74) is 6.58. The van der Waals surface area contributed by atoms with Crippen molar-refractivity contribution >= 4 is 56.8 Å². The topological polar surface area (TPSA) is 50.9 Å². The van der Waals surface area contributed by atoms with Crippen molar-refractivity contribution < 1.29 is 0 Å². The lowest BCUT2D eigenvalue weighted by atomic mass is 10.1. The smallest absolute Gasteiger partial charge is 0.0854 e. The van der Waals surface area contributed by atoms with E-state index in [-0.39, 0.29) is 0 Å². The lowest BCUT2D eigenvalue weighted by Gasteiger charge is -2.34. The molecular formula is C26H26BrN5. The minimum absolute atomic E-state index is 0.903. The molecule has 6 heteroatoms. The number of aromatic nitrogens is 3. The molecule has 0 saturated carbocycles. The van der Waals surface area contributed by atoms with Crippen molar-refractivity contribution in [3.05, 3.63) is 81.7 Å². The SMILES string of the molecule is CN1CCN(c2ccc(/C=C/c3cc(/C=C/c4ccc5cc[nH]c5c4)n[nH]3)c(Br)c2)CC1. The Bertz CT molecular complexity index is 1270. The van der Waals surface area contributed by atoms with Crippen molar-refractivity contribution in [2.45, 2.75) is 0 Å². The number of nitrogens with zero attached hydrogens (tertiary/aromatic N) is 3. The predicted molar refractivity (Wildman–Crippen MR) is 139 cm³/mol. The number of anilines is 1. The average Bonchev–Trinajstić information content (AvgIpc) is 3.46. The van der Waals surface area contributed by atoms with Gasteiger partial charge in [-0.2, -0.15) is 5.10 Å². The van der Waals surface area contributed by atoms with Crippen LogP contribution in [0.15, 0.2) is 59.2 Å². The summed E-state index contributed by atoms with van der Waals surface area (Å²) in [6.07, 6.45) is 10.2. The van der Waals surface area contributed by atoms with Gasteiger partial charge in [-0.3, -0.25) is 5.10 Å². The van der Waals surface area contributed by atoms with E-state index in [0.29, 0.717) is 0 Å². The Morgan fingerprint density at radius 2 is 1.78 bits per heavy atom. The van der Waals surface area contributed by atoms with E-state index in [1.54, 1.807) is 0 Å². The lowest BCUT2D eigenvalue weighted by molar-refractivity contribution is 0.313. The molecule has 1 fully saturated rings. The molecule has 0 atom stereocenters. The maximum atomic E-state index is 4.41. The highest BCUT2D eigenvalue weighted by Gasteiger charge is 2.14. The van der Waals surface area contributed by atoms with Gasteiger partial charge in [0, 0.05) is 48.1 Å². The molecule has 1 saturated heterocycles. The number of piperazine rings is 1. The highest BCUT2D eigenvalue weighted by Crippen LogP contribution is 2.26. The van der Waals surface area contributed by atoms with Crippen LogP contribution in [0.3, 0.4) is 0 Å². The standard InChI is InChI=1S/C26H26BrN5/c1-31-12-14-32(15-13-31)24-9-6-20(25(27)18-24)5-8-23-17-22(29-30-23)7-3-19-2-4-21-10-11-28-26(21)16-19/h2-11,16-18,28H,12-15H2,1H3,(H,29,30)/b7-3+,8-5+. The van der Waals surface area contributed by atoms with E-state index >= 15 is 0 Å². The van der Waals surface area contributed by atoms with Crippen molar-refractivity contribution in [1.29, 1.82) is 0 Å². The van der Waals surface area contributed by atoms with Crippen LogP contribution in [0.1, 0.15) is 22.5 Å². The van der Waals surface area contributed by atoms with Gasteiger partial charge in [0.25, 0.3) is 0 Å². The molecule has 5 rings (SSSR count). The number of nitrogens with one attached hydrogen (secondary N) is 2. The van der Waals surface area contributed by atoms with Gasteiger partial charge in [0.2, 0.25) is 0 Å². The van der Waals surface area contributed by atoms with E-state index in [1.807, 2.05) is 18.3 Å². The van der Waals surface area contributed by atoms with Crippen LogP contribution < -0.4 is 4.90 Å². The molecule has 32 heavy (non-hydrogen) atoms. The van der Waals surface area contributed by atoms with Gasteiger partial charge in [-0.05, 0) is 66.0 Å². The zero-order valence-corrected chi connectivity index (χ0v) is 19.6. The van der Waals surface area contributed by atoms with Crippen molar-refractivity contribution in [3.63, 3.8) is 0 Å². The van der Waals surface area contributed by atoms with Crippen LogP contribution in [0.5, 0.6) is 0 Å². The Labute approximate surface area is 196 Å². The van der Waals surface area contributed by atoms with E-state index in [1.165, 1.54) is 11.1 Å². The van der Waals surface area contributed by atoms with Crippen LogP contribution in [0.4, 0.5) is 5.69 Å². The molecule has 2 aromatic carbocycles. The fourth-order valence-corrected chi connectivity index (χ4v) is 4.47. The lowest BCUT2D eigenvalue weighted by Crippen LogP contribution is -2.44. The third-order valence-corrected chi connectivity index (χ3v) is 6.62.